The lowest BCUT2D eigenvalue weighted by Crippen LogP contribution is -2.51. The van der Waals surface area contributed by atoms with E-state index in [2.05, 4.69) is 10.6 Å². The third-order valence-corrected chi connectivity index (χ3v) is 6.33. The number of nitrogens with one attached hydrogen (secondary N) is 3. The van der Waals surface area contributed by atoms with Crippen LogP contribution < -0.4 is 21.1 Å². The number of likely N-dealkylation sites (N-methyl/N-ethyl adjacent to an activating group) is 2. The van der Waals surface area contributed by atoms with Gasteiger partial charge in [-0.25, -0.2) is 9.18 Å². The van der Waals surface area contributed by atoms with Gasteiger partial charge in [-0.3, -0.25) is 24.7 Å². The fraction of sp³-hybridized carbons (Fsp3) is 0.348. The molecule has 6 N–H and O–H groups in total. The van der Waals surface area contributed by atoms with Crippen molar-refractivity contribution in [3.8, 4) is 5.75 Å². The zero-order chi connectivity index (χ0) is 27.0. The number of hydrogen-bond donors (Lipinski definition) is 5. The van der Waals surface area contributed by atoms with E-state index in [4.69, 9.17) is 21.0 Å². The molecule has 36 heavy (non-hydrogen) atoms. The molecule has 0 aliphatic carbocycles. The van der Waals surface area contributed by atoms with Gasteiger partial charge >= 0.3 is 11.9 Å². The SMILES string of the molecule is CNC(=O)[C@H](CCC(=O)O)NC(=O)C(C)N(C)Cc1ccc(C(=O)Oc2ccc(C(=N)N)cc2F)s1. The first-order valence-corrected chi connectivity index (χ1v) is 11.6. The molecule has 13 heteroatoms. The average molecular weight is 522 g/mol. The van der Waals surface area contributed by atoms with E-state index in [1.54, 1.807) is 24.9 Å². The summed E-state index contributed by atoms with van der Waals surface area (Å²) in [5.74, 6) is -4.23. The number of carbonyl (C=O) groups excluding carboxylic acids is 3. The van der Waals surface area contributed by atoms with Crippen molar-refractivity contribution in [3.05, 3.63) is 51.5 Å². The second-order valence-corrected chi connectivity index (χ2v) is 9.08. The van der Waals surface area contributed by atoms with Crippen molar-refractivity contribution >= 4 is 40.9 Å². The number of carboxylic acid groups (broad SMARTS) is 1. The number of ether oxygens (including phenoxy) is 1. The molecule has 1 heterocycles. The summed E-state index contributed by atoms with van der Waals surface area (Å²) < 4.78 is 19.3. The molecule has 0 spiro atoms. The minimum Gasteiger partial charge on any atom is -0.481 e. The van der Waals surface area contributed by atoms with Crippen LogP contribution in [0.25, 0.3) is 0 Å². The van der Waals surface area contributed by atoms with Gasteiger partial charge in [-0.05, 0) is 50.7 Å². The molecule has 2 aromatic rings. The number of nitrogens with zero attached hydrogens (tertiary/aromatic N) is 1. The zero-order valence-electron chi connectivity index (χ0n) is 20.0. The Labute approximate surface area is 210 Å². The molecule has 0 aliphatic rings. The highest BCUT2D eigenvalue weighted by atomic mass is 32.1. The van der Waals surface area contributed by atoms with Crippen LogP contribution in [0, 0.1) is 11.2 Å². The van der Waals surface area contributed by atoms with Gasteiger partial charge in [0.1, 0.15) is 16.8 Å². The van der Waals surface area contributed by atoms with Crippen molar-refractivity contribution in [2.75, 3.05) is 14.1 Å². The van der Waals surface area contributed by atoms with E-state index in [-0.39, 0.29) is 41.4 Å². The Morgan fingerprint density at radius 3 is 2.50 bits per heavy atom. The number of halogens is 1. The van der Waals surface area contributed by atoms with Crippen LogP contribution in [0.15, 0.2) is 30.3 Å². The van der Waals surface area contributed by atoms with E-state index < -0.39 is 41.7 Å². The molecule has 2 amide bonds. The number of aliphatic carboxylic acids is 1. The van der Waals surface area contributed by atoms with Crippen LogP contribution in [0.4, 0.5) is 4.39 Å². The number of amidine groups is 1. The summed E-state index contributed by atoms with van der Waals surface area (Å²) in [6.07, 6.45) is -0.326. The van der Waals surface area contributed by atoms with E-state index in [9.17, 15) is 23.6 Å². The average Bonchev–Trinajstić information content (AvgIpc) is 3.30. The van der Waals surface area contributed by atoms with Crippen LogP contribution in [0.1, 0.15) is 39.9 Å². The lowest BCUT2D eigenvalue weighted by Gasteiger charge is -2.25. The molecule has 11 nitrogen and oxygen atoms in total. The lowest BCUT2D eigenvalue weighted by molar-refractivity contribution is -0.138. The van der Waals surface area contributed by atoms with Crippen molar-refractivity contribution in [2.45, 2.75) is 38.4 Å². The molecule has 0 aliphatic heterocycles. The standard InChI is InChI=1S/C23H28FN5O6S/c1-12(21(32)28-16(22(33)27-2)6-9-19(30)31)29(3)11-14-5-8-18(36-14)23(34)35-17-7-4-13(20(25)26)10-15(17)24/h4-5,7-8,10,12,16H,6,9,11H2,1-3H3,(H3,25,26)(H,27,33)(H,28,32)(H,30,31)/t12?,16-/m0/s1. The molecule has 0 saturated heterocycles. The van der Waals surface area contributed by atoms with Gasteiger partial charge in [0.2, 0.25) is 11.8 Å². The number of nitrogen functional groups attached to an aromatic ring is 1. The number of amides is 2. The number of carboxylic acids is 1. The Bertz CT molecular complexity index is 1150. The summed E-state index contributed by atoms with van der Waals surface area (Å²) in [4.78, 5) is 50.6. The molecule has 1 unspecified atom stereocenters. The molecule has 0 saturated carbocycles. The van der Waals surface area contributed by atoms with Crippen LogP contribution in [-0.2, 0) is 20.9 Å². The largest absolute Gasteiger partial charge is 0.481 e. The first-order chi connectivity index (χ1) is 16.9. The topological polar surface area (TPSA) is 175 Å². The van der Waals surface area contributed by atoms with Gasteiger partial charge in [-0.2, -0.15) is 0 Å². The van der Waals surface area contributed by atoms with Gasteiger partial charge in [0, 0.05) is 30.5 Å². The second kappa shape index (κ2) is 12.7. The zero-order valence-corrected chi connectivity index (χ0v) is 20.8. The highest BCUT2D eigenvalue weighted by molar-refractivity contribution is 7.13. The van der Waals surface area contributed by atoms with Gasteiger partial charge in [-0.1, -0.05) is 0 Å². The first kappa shape index (κ1) is 28.4. The maximum atomic E-state index is 14.2. The summed E-state index contributed by atoms with van der Waals surface area (Å²) >= 11 is 1.11. The van der Waals surface area contributed by atoms with Crippen molar-refractivity contribution in [1.29, 1.82) is 5.41 Å². The Morgan fingerprint density at radius 2 is 1.92 bits per heavy atom. The monoisotopic (exact) mass is 521 g/mol. The van der Waals surface area contributed by atoms with E-state index in [1.807, 2.05) is 0 Å². The molecule has 0 radical (unpaired) electrons. The quantitative estimate of drug-likeness (QED) is 0.120. The second-order valence-electron chi connectivity index (χ2n) is 7.91. The van der Waals surface area contributed by atoms with Crippen LogP contribution in [0.2, 0.25) is 0 Å². The predicted octanol–water partition coefficient (Wildman–Crippen LogP) is 1.31. The third kappa shape index (κ3) is 7.85. The summed E-state index contributed by atoms with van der Waals surface area (Å²) in [6.45, 7) is 1.91. The molecule has 2 atom stereocenters. The Hall–Kier alpha value is -3.84. The molecular weight excluding hydrogens is 493 g/mol. The van der Waals surface area contributed by atoms with Crippen molar-refractivity contribution < 1.29 is 33.4 Å². The highest BCUT2D eigenvalue weighted by Crippen LogP contribution is 2.23. The van der Waals surface area contributed by atoms with Crippen LogP contribution in [0.5, 0.6) is 5.75 Å². The number of carbonyl (C=O) groups is 4. The van der Waals surface area contributed by atoms with Gasteiger partial charge in [0.15, 0.2) is 11.6 Å². The Kier molecular flexibility index (Phi) is 10.1. The van der Waals surface area contributed by atoms with Crippen LogP contribution in [0.3, 0.4) is 0 Å². The fourth-order valence-corrected chi connectivity index (χ4v) is 4.01. The minimum atomic E-state index is -1.08. The maximum Gasteiger partial charge on any atom is 0.353 e. The van der Waals surface area contributed by atoms with E-state index in [0.29, 0.717) is 0 Å². The smallest absolute Gasteiger partial charge is 0.353 e. The minimum absolute atomic E-state index is 0.0500. The number of thiophene rings is 1. The van der Waals surface area contributed by atoms with Crippen molar-refractivity contribution in [3.63, 3.8) is 0 Å². The van der Waals surface area contributed by atoms with Crippen LogP contribution >= 0.6 is 11.3 Å². The van der Waals surface area contributed by atoms with Crippen LogP contribution in [-0.4, -0.2) is 65.8 Å². The normalized spacial score (nSPS) is 12.5. The van der Waals surface area contributed by atoms with Crippen molar-refractivity contribution in [1.82, 2.24) is 15.5 Å². The molecule has 0 bridgehead atoms. The highest BCUT2D eigenvalue weighted by Gasteiger charge is 2.26. The Balaban J connectivity index is 1.99. The lowest BCUT2D eigenvalue weighted by atomic mass is 10.1. The van der Waals surface area contributed by atoms with E-state index >= 15 is 0 Å². The third-order valence-electron chi connectivity index (χ3n) is 5.28. The maximum absolute atomic E-state index is 14.2. The van der Waals surface area contributed by atoms with Gasteiger partial charge in [-0.15, -0.1) is 11.3 Å². The first-order valence-electron chi connectivity index (χ1n) is 10.8. The number of benzene rings is 1. The van der Waals surface area contributed by atoms with E-state index in [1.165, 1.54) is 25.2 Å². The molecular formula is C23H28FN5O6S. The number of esters is 1. The molecule has 194 valence electrons. The van der Waals surface area contributed by atoms with E-state index in [0.717, 1.165) is 22.3 Å². The summed E-state index contributed by atoms with van der Waals surface area (Å²) in [6, 6.07) is 5.13. The number of rotatable bonds is 12. The number of hydrogen-bond acceptors (Lipinski definition) is 8. The van der Waals surface area contributed by atoms with Crippen molar-refractivity contribution in [2.24, 2.45) is 5.73 Å². The molecule has 2 rings (SSSR count). The molecule has 1 aromatic heterocycles. The van der Waals surface area contributed by atoms with Gasteiger partial charge in [0.05, 0.1) is 6.04 Å². The van der Waals surface area contributed by atoms with Gasteiger partial charge in [0.25, 0.3) is 0 Å². The Morgan fingerprint density at radius 1 is 1.22 bits per heavy atom. The molecule has 1 aromatic carbocycles. The summed E-state index contributed by atoms with van der Waals surface area (Å²) in [5, 5.41) is 21.2. The fourth-order valence-electron chi connectivity index (χ4n) is 3.06. The summed E-state index contributed by atoms with van der Waals surface area (Å²) in [7, 11) is 3.08. The molecule has 0 fully saturated rings. The predicted molar refractivity (Wildman–Crippen MR) is 130 cm³/mol. The number of nitrogens with two attached hydrogens (primary N) is 1. The van der Waals surface area contributed by atoms with Gasteiger partial charge < -0.3 is 26.2 Å². The summed E-state index contributed by atoms with van der Waals surface area (Å²) in [5.41, 5.74) is 5.48.